The Morgan fingerprint density at radius 1 is 1.08 bits per heavy atom. The van der Waals surface area contributed by atoms with Crippen LogP contribution in [0.1, 0.15) is 29.7 Å². The lowest BCUT2D eigenvalue weighted by atomic mass is 9.96. The van der Waals surface area contributed by atoms with Crippen molar-refractivity contribution >= 4 is 26.7 Å². The van der Waals surface area contributed by atoms with E-state index in [0.717, 1.165) is 48.5 Å². The molecule has 3 aromatic rings. The fourth-order valence-corrected chi connectivity index (χ4v) is 4.73. The first-order valence-electron chi connectivity index (χ1n) is 8.27. The van der Waals surface area contributed by atoms with Gasteiger partial charge in [-0.1, -0.05) is 0 Å². The molecule has 0 fully saturated rings. The molecule has 0 saturated heterocycles. The summed E-state index contributed by atoms with van der Waals surface area (Å²) in [6.07, 6.45) is 4.12. The Morgan fingerprint density at radius 2 is 1.88 bits per heavy atom. The van der Waals surface area contributed by atoms with Crippen molar-refractivity contribution in [1.29, 1.82) is 0 Å². The number of hydrogen-bond acceptors (Lipinski definition) is 3. The summed E-state index contributed by atoms with van der Waals surface area (Å²) in [5.41, 5.74) is 2.81. The van der Waals surface area contributed by atoms with E-state index in [1.54, 1.807) is 19.1 Å². The molecule has 0 bridgehead atoms. The average Bonchev–Trinajstić information content (AvgIpc) is 2.92. The molecule has 0 saturated carbocycles. The van der Waals surface area contributed by atoms with Gasteiger partial charge in [-0.25, -0.2) is 12.8 Å². The van der Waals surface area contributed by atoms with Crippen LogP contribution in [0.5, 0.6) is 0 Å². The van der Waals surface area contributed by atoms with Gasteiger partial charge in [-0.15, -0.1) is 0 Å². The minimum atomic E-state index is -3.78. The van der Waals surface area contributed by atoms with Gasteiger partial charge in [0.15, 0.2) is 0 Å². The van der Waals surface area contributed by atoms with Crippen molar-refractivity contribution in [3.63, 3.8) is 0 Å². The first-order chi connectivity index (χ1) is 11.9. The normalized spacial score (nSPS) is 14.5. The first kappa shape index (κ1) is 16.1. The highest BCUT2D eigenvalue weighted by Gasteiger charge is 2.20. The Balaban J connectivity index is 1.72. The lowest BCUT2D eigenvalue weighted by Crippen LogP contribution is -2.14. The smallest absolute Gasteiger partial charge is 0.262 e. The molecule has 0 unspecified atom stereocenters. The minimum absolute atomic E-state index is 0.0724. The van der Waals surface area contributed by atoms with Crippen LogP contribution in [0.3, 0.4) is 0 Å². The third kappa shape index (κ3) is 2.91. The largest absolute Gasteiger partial charge is 0.461 e. The van der Waals surface area contributed by atoms with Crippen LogP contribution in [0.25, 0.3) is 11.0 Å². The monoisotopic (exact) mass is 359 g/mol. The summed E-state index contributed by atoms with van der Waals surface area (Å²) in [6, 6.07) is 8.95. The van der Waals surface area contributed by atoms with Crippen molar-refractivity contribution < 1.29 is 17.2 Å². The van der Waals surface area contributed by atoms with Gasteiger partial charge in [0.25, 0.3) is 10.0 Å². The summed E-state index contributed by atoms with van der Waals surface area (Å²) < 4.78 is 47.0. The maximum absolute atomic E-state index is 13.2. The van der Waals surface area contributed by atoms with E-state index in [9.17, 15) is 12.8 Å². The molecule has 2 aromatic carbocycles. The molecule has 0 atom stereocenters. The van der Waals surface area contributed by atoms with E-state index in [-0.39, 0.29) is 4.90 Å². The molecule has 0 aliphatic heterocycles. The topological polar surface area (TPSA) is 59.3 Å². The number of nitrogens with one attached hydrogen (secondary N) is 1. The van der Waals surface area contributed by atoms with Gasteiger partial charge in [-0.05, 0) is 68.1 Å². The Labute approximate surface area is 145 Å². The first-order valence-corrected chi connectivity index (χ1v) is 9.76. The summed E-state index contributed by atoms with van der Waals surface area (Å²) in [5, 5.41) is 0.964. The average molecular weight is 359 g/mol. The van der Waals surface area contributed by atoms with Crippen molar-refractivity contribution in [2.45, 2.75) is 37.5 Å². The number of anilines is 1. The summed E-state index contributed by atoms with van der Waals surface area (Å²) in [4.78, 5) is 0.0724. The molecule has 4 rings (SSSR count). The number of hydrogen-bond donors (Lipinski definition) is 1. The molecule has 1 aliphatic rings. The van der Waals surface area contributed by atoms with Gasteiger partial charge >= 0.3 is 0 Å². The molecule has 1 aliphatic carbocycles. The molecule has 4 nitrogen and oxygen atoms in total. The Bertz CT molecular complexity index is 1070. The molecular weight excluding hydrogens is 341 g/mol. The quantitative estimate of drug-likeness (QED) is 0.746. The fraction of sp³-hybridized carbons (Fsp3) is 0.263. The number of rotatable bonds is 3. The van der Waals surface area contributed by atoms with Crippen LogP contribution >= 0.6 is 0 Å². The van der Waals surface area contributed by atoms with E-state index in [2.05, 4.69) is 4.72 Å². The highest BCUT2D eigenvalue weighted by Crippen LogP contribution is 2.34. The van der Waals surface area contributed by atoms with Crippen molar-refractivity contribution in [2.75, 3.05) is 4.72 Å². The fourth-order valence-electron chi connectivity index (χ4n) is 3.45. The van der Waals surface area contributed by atoms with E-state index >= 15 is 0 Å². The van der Waals surface area contributed by atoms with Crippen LogP contribution in [-0.4, -0.2) is 8.42 Å². The number of sulfonamides is 1. The molecule has 1 heterocycles. The van der Waals surface area contributed by atoms with E-state index in [0.29, 0.717) is 11.3 Å². The predicted molar refractivity (Wildman–Crippen MR) is 94.8 cm³/mol. The summed E-state index contributed by atoms with van der Waals surface area (Å²) in [5.74, 6) is 0.554. The molecule has 130 valence electrons. The maximum atomic E-state index is 13.2. The Kier molecular flexibility index (Phi) is 3.80. The van der Waals surface area contributed by atoms with Gasteiger partial charge in [0.05, 0.1) is 4.90 Å². The number of fused-ring (bicyclic) bond motifs is 3. The molecule has 6 heteroatoms. The van der Waals surface area contributed by atoms with Crippen LogP contribution in [0.2, 0.25) is 0 Å². The number of benzene rings is 2. The third-order valence-electron chi connectivity index (χ3n) is 4.63. The van der Waals surface area contributed by atoms with E-state index in [1.165, 1.54) is 17.7 Å². The van der Waals surface area contributed by atoms with E-state index < -0.39 is 15.8 Å². The van der Waals surface area contributed by atoms with Crippen LogP contribution in [-0.2, 0) is 22.9 Å². The van der Waals surface area contributed by atoms with Gasteiger partial charge in [0, 0.05) is 23.1 Å². The van der Waals surface area contributed by atoms with Gasteiger partial charge < -0.3 is 4.42 Å². The highest BCUT2D eigenvalue weighted by atomic mass is 32.2. The van der Waals surface area contributed by atoms with Crippen LogP contribution in [0, 0.1) is 12.7 Å². The second-order valence-electron chi connectivity index (χ2n) is 6.44. The van der Waals surface area contributed by atoms with E-state index in [1.807, 2.05) is 6.07 Å². The number of halogens is 1. The minimum Gasteiger partial charge on any atom is -0.461 e. The second-order valence-corrected chi connectivity index (χ2v) is 8.09. The van der Waals surface area contributed by atoms with Gasteiger partial charge in [0.2, 0.25) is 0 Å². The standard InChI is InChI=1S/C19H18FNO3S/c1-12-10-13(20)6-9-19(12)25(22,23)21-14-7-8-18-16(11-14)15-4-2-3-5-17(15)24-18/h6-11,21H,2-5H2,1H3. The lowest BCUT2D eigenvalue weighted by Gasteiger charge is -2.11. The van der Waals surface area contributed by atoms with Gasteiger partial charge in [-0.3, -0.25) is 4.72 Å². The molecule has 25 heavy (non-hydrogen) atoms. The SMILES string of the molecule is Cc1cc(F)ccc1S(=O)(=O)Nc1ccc2oc3c(c2c1)CCCC3. The summed E-state index contributed by atoms with van der Waals surface area (Å²) in [6.45, 7) is 1.58. The zero-order valence-corrected chi connectivity index (χ0v) is 14.6. The maximum Gasteiger partial charge on any atom is 0.262 e. The van der Waals surface area contributed by atoms with Crippen molar-refractivity contribution in [1.82, 2.24) is 0 Å². The second kappa shape index (κ2) is 5.88. The zero-order valence-electron chi connectivity index (χ0n) is 13.8. The molecule has 0 spiro atoms. The van der Waals surface area contributed by atoms with E-state index in [4.69, 9.17) is 4.42 Å². The van der Waals surface area contributed by atoms with Crippen LogP contribution in [0.15, 0.2) is 45.7 Å². The number of aryl methyl sites for hydroxylation is 3. The third-order valence-corrected chi connectivity index (χ3v) is 6.18. The number of furan rings is 1. The van der Waals surface area contributed by atoms with Crippen LogP contribution < -0.4 is 4.72 Å². The van der Waals surface area contributed by atoms with Gasteiger partial charge in [-0.2, -0.15) is 0 Å². The molecule has 1 aromatic heterocycles. The summed E-state index contributed by atoms with van der Waals surface area (Å²) in [7, 11) is -3.78. The molecular formula is C19H18FNO3S. The highest BCUT2D eigenvalue weighted by molar-refractivity contribution is 7.92. The molecule has 0 amide bonds. The predicted octanol–water partition coefficient (Wildman–Crippen LogP) is 4.56. The summed E-state index contributed by atoms with van der Waals surface area (Å²) >= 11 is 0. The lowest BCUT2D eigenvalue weighted by molar-refractivity contribution is 0.506. The Hall–Kier alpha value is -2.34. The van der Waals surface area contributed by atoms with Gasteiger partial charge in [0.1, 0.15) is 17.2 Å². The van der Waals surface area contributed by atoms with Crippen LogP contribution in [0.4, 0.5) is 10.1 Å². The van der Waals surface area contributed by atoms with Crippen molar-refractivity contribution in [3.05, 3.63) is 59.1 Å². The molecule has 0 radical (unpaired) electrons. The van der Waals surface area contributed by atoms with Crippen molar-refractivity contribution in [2.24, 2.45) is 0 Å². The van der Waals surface area contributed by atoms with Crippen molar-refractivity contribution in [3.8, 4) is 0 Å². The Morgan fingerprint density at radius 3 is 2.68 bits per heavy atom. The zero-order chi connectivity index (χ0) is 17.6. The molecule has 1 N–H and O–H groups in total.